The van der Waals surface area contributed by atoms with Gasteiger partial charge in [0.2, 0.25) is 0 Å². The lowest BCUT2D eigenvalue weighted by molar-refractivity contribution is 0.218. The van der Waals surface area contributed by atoms with E-state index >= 15 is 0 Å². The summed E-state index contributed by atoms with van der Waals surface area (Å²) in [5, 5.41) is 7.72. The Morgan fingerprint density at radius 2 is 2.08 bits per heavy atom. The van der Waals surface area contributed by atoms with Crippen LogP contribution in [0.5, 0.6) is 0 Å². The van der Waals surface area contributed by atoms with Crippen molar-refractivity contribution in [2.75, 3.05) is 24.8 Å². The highest BCUT2D eigenvalue weighted by Gasteiger charge is 2.10. The van der Waals surface area contributed by atoms with Gasteiger partial charge in [0, 0.05) is 35.6 Å². The Labute approximate surface area is 145 Å². The SMILES string of the molecule is COCCSc1ccc(C(C)Nc2cc(C)nc3ncnn23)cc1. The van der Waals surface area contributed by atoms with E-state index in [4.69, 9.17) is 4.74 Å². The van der Waals surface area contributed by atoms with Crippen LogP contribution in [-0.4, -0.2) is 39.1 Å². The van der Waals surface area contributed by atoms with Gasteiger partial charge in [0.05, 0.1) is 6.61 Å². The van der Waals surface area contributed by atoms with E-state index in [2.05, 4.69) is 51.6 Å². The normalized spacial score (nSPS) is 12.5. The Morgan fingerprint density at radius 3 is 2.83 bits per heavy atom. The zero-order valence-corrected chi connectivity index (χ0v) is 14.9. The first-order chi connectivity index (χ1) is 11.7. The van der Waals surface area contributed by atoms with Gasteiger partial charge < -0.3 is 10.1 Å². The summed E-state index contributed by atoms with van der Waals surface area (Å²) >= 11 is 1.80. The van der Waals surface area contributed by atoms with Crippen molar-refractivity contribution in [1.29, 1.82) is 0 Å². The highest BCUT2D eigenvalue weighted by atomic mass is 32.2. The van der Waals surface area contributed by atoms with Crippen LogP contribution in [0.3, 0.4) is 0 Å². The molecule has 3 rings (SSSR count). The van der Waals surface area contributed by atoms with E-state index < -0.39 is 0 Å². The summed E-state index contributed by atoms with van der Waals surface area (Å²) < 4.78 is 6.80. The molecule has 0 fully saturated rings. The van der Waals surface area contributed by atoms with Gasteiger partial charge in [0.15, 0.2) is 0 Å². The van der Waals surface area contributed by atoms with Crippen molar-refractivity contribution in [2.45, 2.75) is 24.8 Å². The predicted octanol–water partition coefficient (Wildman–Crippen LogP) is 3.34. The molecule has 0 bridgehead atoms. The number of thioether (sulfide) groups is 1. The van der Waals surface area contributed by atoms with E-state index in [0.29, 0.717) is 5.78 Å². The molecule has 7 heteroatoms. The van der Waals surface area contributed by atoms with E-state index in [1.165, 1.54) is 16.8 Å². The molecule has 0 saturated heterocycles. The third kappa shape index (κ3) is 3.85. The molecule has 0 radical (unpaired) electrons. The maximum Gasteiger partial charge on any atom is 0.254 e. The van der Waals surface area contributed by atoms with Gasteiger partial charge in [-0.1, -0.05) is 12.1 Å². The topological polar surface area (TPSA) is 64.3 Å². The summed E-state index contributed by atoms with van der Waals surface area (Å²) in [6.07, 6.45) is 1.52. The lowest BCUT2D eigenvalue weighted by atomic mass is 10.1. The van der Waals surface area contributed by atoms with Crippen molar-refractivity contribution >= 4 is 23.4 Å². The molecule has 1 unspecified atom stereocenters. The van der Waals surface area contributed by atoms with Crippen LogP contribution in [0.25, 0.3) is 5.78 Å². The molecule has 3 aromatic rings. The number of hydrogen-bond acceptors (Lipinski definition) is 6. The van der Waals surface area contributed by atoms with Crippen LogP contribution in [0.4, 0.5) is 5.82 Å². The van der Waals surface area contributed by atoms with Crippen molar-refractivity contribution in [1.82, 2.24) is 19.6 Å². The summed E-state index contributed by atoms with van der Waals surface area (Å²) in [7, 11) is 1.73. The molecular formula is C17H21N5OS. The third-order valence-corrected chi connectivity index (χ3v) is 4.66. The monoisotopic (exact) mass is 343 g/mol. The molecule has 0 aliphatic heterocycles. The zero-order chi connectivity index (χ0) is 16.9. The highest BCUT2D eigenvalue weighted by Crippen LogP contribution is 2.23. The second kappa shape index (κ2) is 7.63. The fraction of sp³-hybridized carbons (Fsp3) is 0.353. The van der Waals surface area contributed by atoms with Crippen LogP contribution in [-0.2, 0) is 4.74 Å². The number of fused-ring (bicyclic) bond motifs is 1. The second-order valence-electron chi connectivity index (χ2n) is 5.53. The maximum absolute atomic E-state index is 5.08. The van der Waals surface area contributed by atoms with Crippen molar-refractivity contribution < 1.29 is 4.74 Å². The van der Waals surface area contributed by atoms with Crippen molar-refractivity contribution in [2.24, 2.45) is 0 Å². The Balaban J connectivity index is 1.72. The van der Waals surface area contributed by atoms with Crippen molar-refractivity contribution in [3.63, 3.8) is 0 Å². The fourth-order valence-electron chi connectivity index (χ4n) is 2.43. The van der Waals surface area contributed by atoms with E-state index in [-0.39, 0.29) is 6.04 Å². The number of nitrogens with zero attached hydrogens (tertiary/aromatic N) is 4. The molecule has 1 N–H and O–H groups in total. The molecule has 2 aromatic heterocycles. The Kier molecular flexibility index (Phi) is 5.32. The second-order valence-corrected chi connectivity index (χ2v) is 6.70. The smallest absolute Gasteiger partial charge is 0.254 e. The van der Waals surface area contributed by atoms with Crippen molar-refractivity contribution in [3.8, 4) is 0 Å². The lowest BCUT2D eigenvalue weighted by Crippen LogP contribution is -2.11. The Bertz CT molecular complexity index is 802. The van der Waals surface area contributed by atoms with Gasteiger partial charge in [-0.15, -0.1) is 11.8 Å². The molecule has 6 nitrogen and oxygen atoms in total. The first-order valence-electron chi connectivity index (χ1n) is 7.83. The first-order valence-corrected chi connectivity index (χ1v) is 8.81. The quantitative estimate of drug-likeness (QED) is 0.524. The van der Waals surface area contributed by atoms with Crippen LogP contribution in [0.15, 0.2) is 41.6 Å². The van der Waals surface area contributed by atoms with Crippen LogP contribution >= 0.6 is 11.8 Å². The number of ether oxygens (including phenoxy) is 1. The number of rotatable bonds is 7. The zero-order valence-electron chi connectivity index (χ0n) is 14.1. The summed E-state index contributed by atoms with van der Waals surface area (Å²) in [6.45, 7) is 4.85. The molecule has 24 heavy (non-hydrogen) atoms. The molecular weight excluding hydrogens is 322 g/mol. The molecule has 1 atom stereocenters. The number of hydrogen-bond donors (Lipinski definition) is 1. The molecule has 0 saturated carbocycles. The van der Waals surface area contributed by atoms with Crippen LogP contribution < -0.4 is 5.32 Å². The molecule has 126 valence electrons. The average molecular weight is 343 g/mol. The van der Waals surface area contributed by atoms with Crippen LogP contribution in [0.1, 0.15) is 24.2 Å². The number of anilines is 1. The van der Waals surface area contributed by atoms with E-state index in [9.17, 15) is 0 Å². The molecule has 0 spiro atoms. The fourth-order valence-corrected chi connectivity index (χ4v) is 3.25. The molecule has 0 amide bonds. The number of methoxy groups -OCH3 is 1. The molecule has 0 aliphatic carbocycles. The Hall–Kier alpha value is -2.12. The maximum atomic E-state index is 5.08. The van der Waals surface area contributed by atoms with Gasteiger partial charge in [0.25, 0.3) is 5.78 Å². The summed E-state index contributed by atoms with van der Waals surface area (Å²) in [4.78, 5) is 9.77. The molecule has 1 aromatic carbocycles. The first kappa shape index (κ1) is 16.7. The Morgan fingerprint density at radius 1 is 1.29 bits per heavy atom. The summed E-state index contributed by atoms with van der Waals surface area (Å²) in [5.74, 6) is 2.46. The summed E-state index contributed by atoms with van der Waals surface area (Å²) in [5.41, 5.74) is 2.13. The largest absolute Gasteiger partial charge is 0.384 e. The highest BCUT2D eigenvalue weighted by molar-refractivity contribution is 7.99. The van der Waals surface area contributed by atoms with Crippen molar-refractivity contribution in [3.05, 3.63) is 47.9 Å². The van der Waals surface area contributed by atoms with Gasteiger partial charge >= 0.3 is 0 Å². The lowest BCUT2D eigenvalue weighted by Gasteiger charge is -2.17. The molecule has 0 aliphatic rings. The number of nitrogens with one attached hydrogen (secondary N) is 1. The van der Waals surface area contributed by atoms with E-state index in [1.54, 1.807) is 23.4 Å². The number of aryl methyl sites for hydroxylation is 1. The number of benzene rings is 1. The van der Waals surface area contributed by atoms with Crippen LogP contribution in [0.2, 0.25) is 0 Å². The van der Waals surface area contributed by atoms with Gasteiger partial charge in [-0.05, 0) is 31.5 Å². The van der Waals surface area contributed by atoms with Gasteiger partial charge in [-0.3, -0.25) is 0 Å². The van der Waals surface area contributed by atoms with Gasteiger partial charge in [-0.2, -0.15) is 14.6 Å². The minimum absolute atomic E-state index is 0.150. The average Bonchev–Trinajstić information content (AvgIpc) is 3.04. The minimum Gasteiger partial charge on any atom is -0.384 e. The van der Waals surface area contributed by atoms with E-state index in [0.717, 1.165) is 23.9 Å². The third-order valence-electron chi connectivity index (χ3n) is 3.68. The van der Waals surface area contributed by atoms with E-state index in [1.807, 2.05) is 13.0 Å². The molecule has 2 heterocycles. The number of aromatic nitrogens is 4. The predicted molar refractivity (Wildman–Crippen MR) is 96.6 cm³/mol. The van der Waals surface area contributed by atoms with Gasteiger partial charge in [-0.25, -0.2) is 4.98 Å². The summed E-state index contributed by atoms with van der Waals surface area (Å²) in [6, 6.07) is 10.7. The standard InChI is InChI=1S/C17H21N5OS/c1-12-10-16(22-17(20-12)18-11-19-22)21-13(2)14-4-6-15(7-5-14)24-9-8-23-3/h4-7,10-11,13,21H,8-9H2,1-3H3. The van der Waals surface area contributed by atoms with Gasteiger partial charge in [0.1, 0.15) is 12.1 Å². The van der Waals surface area contributed by atoms with Crippen LogP contribution in [0, 0.1) is 6.92 Å². The minimum atomic E-state index is 0.150.